The van der Waals surface area contributed by atoms with Crippen LogP contribution in [0.1, 0.15) is 18.9 Å². The van der Waals surface area contributed by atoms with Crippen LogP contribution in [0.15, 0.2) is 18.2 Å². The fraction of sp³-hybridized carbons (Fsp3) is 0.500. The number of methoxy groups -OCH3 is 1. The Morgan fingerprint density at radius 3 is 3.00 bits per heavy atom. The van der Waals surface area contributed by atoms with Crippen LogP contribution in [0.4, 0.5) is 0 Å². The fourth-order valence-corrected chi connectivity index (χ4v) is 2.32. The van der Waals surface area contributed by atoms with Crippen molar-refractivity contribution in [2.24, 2.45) is 0 Å². The Morgan fingerprint density at radius 2 is 2.33 bits per heavy atom. The molecule has 1 aliphatic rings. The predicted octanol–water partition coefficient (Wildman–Crippen LogP) is 3.21. The first-order chi connectivity index (χ1) is 7.17. The standard InChI is InChI=1S/C12H15IO2/c1-12(8-13)6-5-9-7-10(14-2)3-4-11(9)15-12/h3-4,7H,5-6,8H2,1-2H3/t12-/m1/s1. The number of hydrogen-bond donors (Lipinski definition) is 0. The molecule has 1 aromatic rings. The van der Waals surface area contributed by atoms with Gasteiger partial charge in [-0.15, -0.1) is 0 Å². The number of hydrogen-bond acceptors (Lipinski definition) is 2. The molecule has 0 amide bonds. The van der Waals surface area contributed by atoms with Crippen LogP contribution in [0.25, 0.3) is 0 Å². The molecular weight excluding hydrogens is 303 g/mol. The quantitative estimate of drug-likeness (QED) is 0.616. The minimum absolute atomic E-state index is 0.00213. The maximum atomic E-state index is 6.01. The van der Waals surface area contributed by atoms with E-state index < -0.39 is 0 Å². The maximum Gasteiger partial charge on any atom is 0.123 e. The van der Waals surface area contributed by atoms with E-state index in [-0.39, 0.29) is 5.60 Å². The lowest BCUT2D eigenvalue weighted by molar-refractivity contribution is 0.0924. The molecule has 0 fully saturated rings. The molecule has 15 heavy (non-hydrogen) atoms. The summed E-state index contributed by atoms with van der Waals surface area (Å²) in [6.07, 6.45) is 2.15. The minimum atomic E-state index is 0.00213. The normalized spacial score (nSPS) is 24.2. The highest BCUT2D eigenvalue weighted by molar-refractivity contribution is 14.1. The van der Waals surface area contributed by atoms with Crippen molar-refractivity contribution < 1.29 is 9.47 Å². The third-order valence-electron chi connectivity index (χ3n) is 2.83. The van der Waals surface area contributed by atoms with Crippen molar-refractivity contribution in [2.75, 3.05) is 11.5 Å². The van der Waals surface area contributed by atoms with Gasteiger partial charge in [0.25, 0.3) is 0 Å². The molecule has 1 atom stereocenters. The van der Waals surface area contributed by atoms with Crippen LogP contribution >= 0.6 is 22.6 Å². The van der Waals surface area contributed by atoms with E-state index in [1.165, 1.54) is 5.56 Å². The summed E-state index contributed by atoms with van der Waals surface area (Å²) in [7, 11) is 1.69. The average Bonchev–Trinajstić information content (AvgIpc) is 2.28. The lowest BCUT2D eigenvalue weighted by Crippen LogP contribution is -2.37. The Kier molecular flexibility index (Phi) is 3.09. The molecule has 0 spiro atoms. The van der Waals surface area contributed by atoms with Gasteiger partial charge in [-0.3, -0.25) is 0 Å². The summed E-state index contributed by atoms with van der Waals surface area (Å²) in [4.78, 5) is 0. The van der Waals surface area contributed by atoms with E-state index in [9.17, 15) is 0 Å². The lowest BCUT2D eigenvalue weighted by atomic mass is 9.94. The summed E-state index contributed by atoms with van der Waals surface area (Å²) in [5.41, 5.74) is 1.26. The van der Waals surface area contributed by atoms with Crippen LogP contribution in [-0.2, 0) is 6.42 Å². The topological polar surface area (TPSA) is 18.5 Å². The van der Waals surface area contributed by atoms with Crippen molar-refractivity contribution in [2.45, 2.75) is 25.4 Å². The molecular formula is C12H15IO2. The highest BCUT2D eigenvalue weighted by Crippen LogP contribution is 2.36. The molecule has 0 saturated carbocycles. The van der Waals surface area contributed by atoms with E-state index in [1.54, 1.807) is 7.11 Å². The van der Waals surface area contributed by atoms with Gasteiger partial charge >= 0.3 is 0 Å². The summed E-state index contributed by atoms with van der Waals surface area (Å²) < 4.78 is 12.2. The molecule has 2 rings (SSSR count). The number of aryl methyl sites for hydroxylation is 1. The van der Waals surface area contributed by atoms with Gasteiger partial charge in [0.15, 0.2) is 0 Å². The van der Waals surface area contributed by atoms with Gasteiger partial charge in [-0.25, -0.2) is 0 Å². The van der Waals surface area contributed by atoms with Crippen LogP contribution in [0.5, 0.6) is 11.5 Å². The minimum Gasteiger partial charge on any atom is -0.497 e. The molecule has 3 heteroatoms. The Labute approximate surface area is 104 Å². The van der Waals surface area contributed by atoms with Gasteiger partial charge in [0.1, 0.15) is 17.1 Å². The molecule has 1 aliphatic heterocycles. The largest absolute Gasteiger partial charge is 0.497 e. The third-order valence-corrected chi connectivity index (χ3v) is 4.44. The monoisotopic (exact) mass is 318 g/mol. The van der Waals surface area contributed by atoms with Crippen molar-refractivity contribution in [3.05, 3.63) is 23.8 Å². The molecule has 1 aromatic carbocycles. The van der Waals surface area contributed by atoms with Crippen LogP contribution in [-0.4, -0.2) is 17.1 Å². The van der Waals surface area contributed by atoms with Crippen molar-refractivity contribution in [1.29, 1.82) is 0 Å². The molecule has 0 aliphatic carbocycles. The average molecular weight is 318 g/mol. The van der Waals surface area contributed by atoms with Gasteiger partial charge in [-0.2, -0.15) is 0 Å². The van der Waals surface area contributed by atoms with Gasteiger partial charge in [0.05, 0.1) is 7.11 Å². The summed E-state index contributed by atoms with van der Waals surface area (Å²) in [5, 5.41) is 0. The number of ether oxygens (including phenoxy) is 2. The Bertz CT molecular complexity index is 365. The van der Waals surface area contributed by atoms with E-state index in [2.05, 4.69) is 35.6 Å². The number of rotatable bonds is 2. The number of fused-ring (bicyclic) bond motifs is 1. The Balaban J connectivity index is 2.28. The molecule has 0 saturated heterocycles. The summed E-state index contributed by atoms with van der Waals surface area (Å²) in [6.45, 7) is 2.17. The van der Waals surface area contributed by atoms with E-state index >= 15 is 0 Å². The molecule has 1 heterocycles. The van der Waals surface area contributed by atoms with Gasteiger partial charge in [0, 0.05) is 4.43 Å². The molecule has 2 nitrogen and oxygen atoms in total. The molecule has 0 bridgehead atoms. The predicted molar refractivity (Wildman–Crippen MR) is 69.2 cm³/mol. The molecule has 0 aromatic heterocycles. The first-order valence-electron chi connectivity index (χ1n) is 5.09. The summed E-state index contributed by atoms with van der Waals surface area (Å²) in [5.74, 6) is 1.93. The fourth-order valence-electron chi connectivity index (χ4n) is 1.79. The lowest BCUT2D eigenvalue weighted by Gasteiger charge is -2.34. The second-order valence-electron chi connectivity index (χ2n) is 4.16. The molecule has 82 valence electrons. The number of benzene rings is 1. The van der Waals surface area contributed by atoms with Crippen molar-refractivity contribution in [3.63, 3.8) is 0 Å². The van der Waals surface area contributed by atoms with Gasteiger partial charge < -0.3 is 9.47 Å². The first-order valence-corrected chi connectivity index (χ1v) is 6.61. The summed E-state index contributed by atoms with van der Waals surface area (Å²) in [6, 6.07) is 6.04. The van der Waals surface area contributed by atoms with E-state index in [4.69, 9.17) is 9.47 Å². The molecule has 0 unspecified atom stereocenters. The van der Waals surface area contributed by atoms with Crippen molar-refractivity contribution in [1.82, 2.24) is 0 Å². The van der Waals surface area contributed by atoms with Crippen LogP contribution < -0.4 is 9.47 Å². The zero-order valence-electron chi connectivity index (χ0n) is 9.05. The van der Waals surface area contributed by atoms with Crippen LogP contribution in [0.2, 0.25) is 0 Å². The number of halogens is 1. The first kappa shape index (κ1) is 11.0. The Morgan fingerprint density at radius 1 is 1.53 bits per heavy atom. The highest BCUT2D eigenvalue weighted by atomic mass is 127. The van der Waals surface area contributed by atoms with Gasteiger partial charge in [0.2, 0.25) is 0 Å². The van der Waals surface area contributed by atoms with Crippen molar-refractivity contribution in [3.8, 4) is 11.5 Å². The van der Waals surface area contributed by atoms with Crippen molar-refractivity contribution >= 4 is 22.6 Å². The molecule has 0 radical (unpaired) electrons. The smallest absolute Gasteiger partial charge is 0.123 e. The van der Waals surface area contributed by atoms with Gasteiger partial charge in [-0.05, 0) is 43.5 Å². The van der Waals surface area contributed by atoms with Crippen LogP contribution in [0, 0.1) is 0 Å². The maximum absolute atomic E-state index is 6.01. The second kappa shape index (κ2) is 4.20. The van der Waals surface area contributed by atoms with Crippen LogP contribution in [0.3, 0.4) is 0 Å². The van der Waals surface area contributed by atoms with Gasteiger partial charge in [-0.1, -0.05) is 22.6 Å². The van der Waals surface area contributed by atoms with E-state index in [0.717, 1.165) is 28.8 Å². The second-order valence-corrected chi connectivity index (χ2v) is 4.92. The Hall–Kier alpha value is -0.450. The van der Waals surface area contributed by atoms with E-state index in [0.29, 0.717) is 0 Å². The SMILES string of the molecule is COc1ccc2c(c1)CC[C@](C)(CI)O2. The van der Waals surface area contributed by atoms with E-state index in [1.807, 2.05) is 12.1 Å². The zero-order valence-corrected chi connectivity index (χ0v) is 11.2. The highest BCUT2D eigenvalue weighted by Gasteiger charge is 2.30. The third kappa shape index (κ3) is 2.22. The zero-order chi connectivity index (χ0) is 10.9. The number of alkyl halides is 1. The molecule has 0 N–H and O–H groups in total. The summed E-state index contributed by atoms with van der Waals surface area (Å²) >= 11 is 2.39.